The first-order chi connectivity index (χ1) is 12.5. The Morgan fingerprint density at radius 2 is 2.15 bits per heavy atom. The lowest BCUT2D eigenvalue weighted by Crippen LogP contribution is -2.51. The third-order valence-electron chi connectivity index (χ3n) is 5.68. The largest absolute Gasteiger partial charge is 0.395 e. The Morgan fingerprint density at radius 3 is 2.92 bits per heavy atom. The highest BCUT2D eigenvalue weighted by atomic mass is 35.5. The third kappa shape index (κ3) is 2.77. The maximum atomic E-state index is 13.0. The predicted molar refractivity (Wildman–Crippen MR) is 99.2 cm³/mol. The van der Waals surface area contributed by atoms with Crippen LogP contribution in [0.3, 0.4) is 0 Å². The number of H-pyrrole nitrogens is 1. The number of carbonyl (C=O) groups excluding carboxylic acids is 2. The number of likely N-dealkylation sites (tertiary alicyclic amines) is 2. The maximum Gasteiger partial charge on any atom is 0.270 e. The minimum atomic E-state index is -0.493. The molecule has 1 spiro atoms. The number of piperidine rings is 1. The fraction of sp³-hybridized carbons (Fsp3) is 0.474. The predicted octanol–water partition coefficient (Wildman–Crippen LogP) is 2.27. The van der Waals surface area contributed by atoms with Crippen LogP contribution in [-0.2, 0) is 4.79 Å². The van der Waals surface area contributed by atoms with E-state index in [1.54, 1.807) is 21.9 Å². The number of aromatic nitrogens is 1. The summed E-state index contributed by atoms with van der Waals surface area (Å²) in [6, 6.07) is 7.32. The van der Waals surface area contributed by atoms with Crippen LogP contribution in [-0.4, -0.2) is 64.5 Å². The van der Waals surface area contributed by atoms with E-state index < -0.39 is 5.41 Å². The smallest absolute Gasteiger partial charge is 0.270 e. The van der Waals surface area contributed by atoms with E-state index in [0.29, 0.717) is 43.3 Å². The van der Waals surface area contributed by atoms with E-state index >= 15 is 0 Å². The normalized spacial score (nSPS) is 23.4. The Balaban J connectivity index is 1.55. The fourth-order valence-corrected chi connectivity index (χ4v) is 4.54. The van der Waals surface area contributed by atoms with E-state index in [0.717, 1.165) is 23.7 Å². The highest BCUT2D eigenvalue weighted by Crippen LogP contribution is 2.40. The van der Waals surface area contributed by atoms with Crippen molar-refractivity contribution in [1.29, 1.82) is 0 Å². The first-order valence-corrected chi connectivity index (χ1v) is 9.39. The number of aromatic amines is 1. The number of carbonyl (C=O) groups is 2. The summed E-state index contributed by atoms with van der Waals surface area (Å²) in [4.78, 5) is 32.5. The zero-order valence-electron chi connectivity index (χ0n) is 14.5. The summed E-state index contributed by atoms with van der Waals surface area (Å²) in [5.74, 6) is -0.0194. The molecule has 1 aromatic carbocycles. The van der Waals surface area contributed by atoms with E-state index in [1.165, 1.54) is 0 Å². The molecule has 2 fully saturated rings. The van der Waals surface area contributed by atoms with Gasteiger partial charge < -0.3 is 19.9 Å². The lowest BCUT2D eigenvalue weighted by Gasteiger charge is -2.39. The molecule has 0 radical (unpaired) electrons. The van der Waals surface area contributed by atoms with Gasteiger partial charge in [0.2, 0.25) is 5.91 Å². The van der Waals surface area contributed by atoms with Gasteiger partial charge in [-0.15, -0.1) is 0 Å². The molecule has 138 valence electrons. The minimum absolute atomic E-state index is 0.0275. The highest BCUT2D eigenvalue weighted by molar-refractivity contribution is 6.35. The molecule has 0 aliphatic carbocycles. The standard InChI is InChI=1S/C19H22ClN3O3/c20-14-3-1-4-15-13(14)11-16(21-15)17(25)23-8-6-19(12-23)5-2-7-22(9-10-24)18(19)26/h1,3-4,11,21,24H,2,5-10,12H2. The molecule has 7 heteroatoms. The van der Waals surface area contributed by atoms with Crippen molar-refractivity contribution in [3.63, 3.8) is 0 Å². The van der Waals surface area contributed by atoms with E-state index in [2.05, 4.69) is 4.98 Å². The van der Waals surface area contributed by atoms with Gasteiger partial charge in [-0.25, -0.2) is 0 Å². The number of aliphatic hydroxyl groups is 1. The van der Waals surface area contributed by atoms with Gasteiger partial charge in [0.15, 0.2) is 0 Å². The third-order valence-corrected chi connectivity index (χ3v) is 6.01. The second-order valence-corrected chi connectivity index (χ2v) is 7.67. The molecule has 2 amide bonds. The number of benzene rings is 1. The number of β-amino-alcohol motifs (C(OH)–C–C–N with tert-alkyl or cyclic N) is 1. The van der Waals surface area contributed by atoms with Gasteiger partial charge >= 0.3 is 0 Å². The second-order valence-electron chi connectivity index (χ2n) is 7.26. The molecule has 3 heterocycles. The van der Waals surface area contributed by atoms with E-state index in [9.17, 15) is 14.7 Å². The quantitative estimate of drug-likeness (QED) is 0.864. The van der Waals surface area contributed by atoms with Crippen LogP contribution in [0.25, 0.3) is 10.9 Å². The molecule has 2 saturated heterocycles. The summed E-state index contributed by atoms with van der Waals surface area (Å²) >= 11 is 6.20. The Morgan fingerprint density at radius 1 is 1.31 bits per heavy atom. The Hall–Kier alpha value is -2.05. The van der Waals surface area contributed by atoms with Crippen LogP contribution in [0, 0.1) is 5.41 Å². The molecule has 0 saturated carbocycles. The number of hydrogen-bond acceptors (Lipinski definition) is 3. The average molecular weight is 376 g/mol. The average Bonchev–Trinajstić information content (AvgIpc) is 3.25. The summed E-state index contributed by atoms with van der Waals surface area (Å²) in [6.45, 7) is 2.04. The molecule has 2 aliphatic rings. The van der Waals surface area contributed by atoms with Gasteiger partial charge in [-0.2, -0.15) is 0 Å². The summed E-state index contributed by atoms with van der Waals surface area (Å²) in [5.41, 5.74) is 0.838. The van der Waals surface area contributed by atoms with Crippen LogP contribution in [0.15, 0.2) is 24.3 Å². The monoisotopic (exact) mass is 375 g/mol. The number of fused-ring (bicyclic) bond motifs is 1. The van der Waals surface area contributed by atoms with Gasteiger partial charge in [-0.05, 0) is 37.5 Å². The van der Waals surface area contributed by atoms with Crippen molar-refractivity contribution in [2.45, 2.75) is 19.3 Å². The van der Waals surface area contributed by atoms with E-state index in [1.807, 2.05) is 12.1 Å². The molecule has 1 unspecified atom stereocenters. The Bertz CT molecular complexity index is 863. The summed E-state index contributed by atoms with van der Waals surface area (Å²) in [7, 11) is 0. The molecule has 26 heavy (non-hydrogen) atoms. The lowest BCUT2D eigenvalue weighted by atomic mass is 9.78. The van der Waals surface area contributed by atoms with Crippen LogP contribution in [0.5, 0.6) is 0 Å². The van der Waals surface area contributed by atoms with Crippen molar-refractivity contribution in [3.8, 4) is 0 Å². The molecule has 6 nitrogen and oxygen atoms in total. The van der Waals surface area contributed by atoms with Gasteiger partial charge in [0.05, 0.1) is 12.0 Å². The van der Waals surface area contributed by atoms with Crippen molar-refractivity contribution >= 4 is 34.3 Å². The fourth-order valence-electron chi connectivity index (χ4n) is 4.31. The Kier molecular flexibility index (Phi) is 4.40. The molecule has 2 N–H and O–H groups in total. The summed E-state index contributed by atoms with van der Waals surface area (Å²) < 4.78 is 0. The van der Waals surface area contributed by atoms with Gasteiger partial charge in [0.1, 0.15) is 5.69 Å². The number of halogens is 1. The van der Waals surface area contributed by atoms with Crippen LogP contribution in [0.4, 0.5) is 0 Å². The number of amides is 2. The van der Waals surface area contributed by atoms with Crippen molar-refractivity contribution < 1.29 is 14.7 Å². The van der Waals surface area contributed by atoms with Gasteiger partial charge in [0.25, 0.3) is 5.91 Å². The topological polar surface area (TPSA) is 76.6 Å². The first-order valence-electron chi connectivity index (χ1n) is 9.01. The number of nitrogens with one attached hydrogen (secondary N) is 1. The van der Waals surface area contributed by atoms with Gasteiger partial charge in [-0.1, -0.05) is 17.7 Å². The SMILES string of the molecule is O=C(c1cc2c(Cl)cccc2[nH]1)N1CCC2(CCCN(CCO)C2=O)C1. The summed E-state index contributed by atoms with van der Waals surface area (Å²) in [5, 5.41) is 10.6. The number of rotatable bonds is 3. The van der Waals surface area contributed by atoms with Crippen LogP contribution < -0.4 is 0 Å². The first kappa shape index (κ1) is 17.4. The Labute approximate surface area is 156 Å². The van der Waals surface area contributed by atoms with Crippen LogP contribution >= 0.6 is 11.6 Å². The van der Waals surface area contributed by atoms with Gasteiger partial charge in [-0.3, -0.25) is 9.59 Å². The van der Waals surface area contributed by atoms with Crippen molar-refractivity contribution in [2.24, 2.45) is 5.41 Å². The zero-order valence-corrected chi connectivity index (χ0v) is 15.3. The second kappa shape index (κ2) is 6.59. The van der Waals surface area contributed by atoms with Crippen molar-refractivity contribution in [1.82, 2.24) is 14.8 Å². The molecule has 2 aliphatic heterocycles. The minimum Gasteiger partial charge on any atom is -0.395 e. The van der Waals surface area contributed by atoms with E-state index in [4.69, 9.17) is 11.6 Å². The molecular weight excluding hydrogens is 354 g/mol. The van der Waals surface area contributed by atoms with Crippen LogP contribution in [0.2, 0.25) is 5.02 Å². The zero-order chi connectivity index (χ0) is 18.3. The number of hydrogen-bond donors (Lipinski definition) is 2. The lowest BCUT2D eigenvalue weighted by molar-refractivity contribution is -0.146. The summed E-state index contributed by atoms with van der Waals surface area (Å²) in [6.07, 6.45) is 2.40. The molecule has 1 aromatic heterocycles. The molecule has 2 aromatic rings. The maximum absolute atomic E-state index is 13.0. The molecule has 0 bridgehead atoms. The molecule has 4 rings (SSSR count). The number of nitrogens with zero attached hydrogens (tertiary/aromatic N) is 2. The van der Waals surface area contributed by atoms with Crippen molar-refractivity contribution in [2.75, 3.05) is 32.8 Å². The van der Waals surface area contributed by atoms with Crippen LogP contribution in [0.1, 0.15) is 29.8 Å². The highest BCUT2D eigenvalue weighted by Gasteiger charge is 2.49. The van der Waals surface area contributed by atoms with Gasteiger partial charge in [0, 0.05) is 42.1 Å². The number of aliphatic hydroxyl groups excluding tert-OH is 1. The molecule has 1 atom stereocenters. The van der Waals surface area contributed by atoms with E-state index in [-0.39, 0.29) is 18.4 Å². The molecular formula is C19H22ClN3O3. The van der Waals surface area contributed by atoms with Crippen molar-refractivity contribution in [3.05, 3.63) is 35.0 Å².